The quantitative estimate of drug-likeness (QED) is 0.155. The normalized spacial score (nSPS) is 36.5. The van der Waals surface area contributed by atoms with Gasteiger partial charge in [0.15, 0.2) is 6.10 Å². The van der Waals surface area contributed by atoms with Crippen molar-refractivity contribution in [2.75, 3.05) is 66.0 Å². The highest BCUT2D eigenvalue weighted by Gasteiger charge is 2.81. The van der Waals surface area contributed by atoms with Crippen LogP contribution in [-0.4, -0.2) is 139 Å². The van der Waals surface area contributed by atoms with E-state index in [4.69, 9.17) is 18.9 Å². The second kappa shape index (κ2) is 13.9. The first-order chi connectivity index (χ1) is 28.6. The average molecular weight is 827 g/mol. The number of anilines is 1. The zero-order chi connectivity index (χ0) is 42.7. The number of aromatic amines is 1. The first-order valence-electron chi connectivity index (χ1n) is 21.4. The van der Waals surface area contributed by atoms with E-state index in [1.54, 1.807) is 18.0 Å². The lowest BCUT2D eigenvalue weighted by atomic mass is 9.47. The Kier molecular flexibility index (Phi) is 9.48. The fraction of sp³-hybridized carbons (Fsp3) is 0.587. The maximum atomic E-state index is 15.4. The first-order valence-corrected chi connectivity index (χ1v) is 21.4. The number of benzene rings is 2. The molecule has 1 unspecified atom stereocenters. The number of rotatable bonds is 7. The number of phenolic OH excluding ortho intramolecular Hbond substituents is 1. The van der Waals surface area contributed by atoms with E-state index in [1.807, 2.05) is 50.3 Å². The van der Waals surface area contributed by atoms with E-state index in [0.717, 1.165) is 16.5 Å². The minimum absolute atomic E-state index is 0.172. The SMILES string of the molecule is CC[C@]1(O)C[C@H]2CN(CCc3c([nH]c4ccccc34)[C@@](C(=O)OC)(c3c(OC)cc4c(c3O)[C@@]35CCN6CC=C[C@@](CC)([C@@H](OC(C)=O)[C@](O)(C(=O)OC)[C@@H]3N4C)[C@H]65)C2)C1. The van der Waals surface area contributed by atoms with E-state index < -0.39 is 63.5 Å². The number of methoxy groups -OCH3 is 3. The molecule has 322 valence electrons. The molecule has 5 aliphatic heterocycles. The number of phenols is 1. The number of aliphatic hydroxyl groups is 2. The van der Waals surface area contributed by atoms with Gasteiger partial charge in [0, 0.05) is 90.9 Å². The Morgan fingerprint density at radius 3 is 2.40 bits per heavy atom. The van der Waals surface area contributed by atoms with Crippen molar-refractivity contribution in [3.63, 3.8) is 0 Å². The van der Waals surface area contributed by atoms with Gasteiger partial charge in [-0.15, -0.1) is 0 Å². The molecule has 1 aliphatic carbocycles. The summed E-state index contributed by atoms with van der Waals surface area (Å²) in [5.74, 6) is -2.38. The highest BCUT2D eigenvalue weighted by molar-refractivity contribution is 5.96. The summed E-state index contributed by atoms with van der Waals surface area (Å²) < 4.78 is 23.7. The van der Waals surface area contributed by atoms with Crippen LogP contribution in [0.15, 0.2) is 42.5 Å². The molecule has 6 heterocycles. The molecule has 1 spiro atoms. The number of hydrogen-bond donors (Lipinski definition) is 4. The van der Waals surface area contributed by atoms with Gasteiger partial charge in [0.05, 0.1) is 38.5 Å². The summed E-state index contributed by atoms with van der Waals surface area (Å²) in [6.07, 6.45) is 5.11. The number of carbonyl (C=O) groups is 3. The van der Waals surface area contributed by atoms with E-state index in [2.05, 4.69) is 14.8 Å². The van der Waals surface area contributed by atoms with Crippen molar-refractivity contribution in [1.29, 1.82) is 0 Å². The maximum Gasteiger partial charge on any atom is 0.344 e. The lowest BCUT2D eigenvalue weighted by Crippen LogP contribution is -2.81. The molecule has 0 amide bonds. The van der Waals surface area contributed by atoms with Crippen molar-refractivity contribution in [3.8, 4) is 11.5 Å². The molecular weight excluding hydrogens is 769 g/mol. The summed E-state index contributed by atoms with van der Waals surface area (Å²) in [4.78, 5) is 52.9. The number of likely N-dealkylation sites (N-methyl/N-ethyl adjacent to an activating group) is 1. The van der Waals surface area contributed by atoms with E-state index >= 15 is 4.79 Å². The lowest BCUT2D eigenvalue weighted by Gasteiger charge is -2.63. The molecule has 2 bridgehead atoms. The van der Waals surface area contributed by atoms with E-state index in [-0.39, 0.29) is 29.4 Å². The van der Waals surface area contributed by atoms with Crippen LogP contribution in [0, 0.1) is 11.3 Å². The Hall–Kier alpha value is -4.63. The molecule has 2 saturated heterocycles. The summed E-state index contributed by atoms with van der Waals surface area (Å²) in [6, 6.07) is 8.18. The van der Waals surface area contributed by atoms with Crippen LogP contribution in [0.5, 0.6) is 11.5 Å². The van der Waals surface area contributed by atoms with Crippen molar-refractivity contribution >= 4 is 34.5 Å². The number of aromatic nitrogens is 1. The molecule has 1 aromatic heterocycles. The third-order valence-corrected chi connectivity index (χ3v) is 15.7. The fourth-order valence-electron chi connectivity index (χ4n) is 13.7. The number of carbonyl (C=O) groups excluding carboxylic acids is 3. The van der Waals surface area contributed by atoms with Gasteiger partial charge >= 0.3 is 17.9 Å². The zero-order valence-corrected chi connectivity index (χ0v) is 35.7. The second-order valence-corrected chi connectivity index (χ2v) is 18.3. The van der Waals surface area contributed by atoms with Gasteiger partial charge < -0.3 is 44.2 Å². The number of nitrogens with zero attached hydrogens (tertiary/aromatic N) is 3. The summed E-state index contributed by atoms with van der Waals surface area (Å²) in [7, 11) is 5.84. The molecule has 3 fully saturated rings. The van der Waals surface area contributed by atoms with E-state index in [9.17, 15) is 24.9 Å². The standard InChI is InChI=1S/C46H58N4O10/c1-8-42(55)22-27-23-45(40(53)58-6,36-29(15-19-49(24-27)25-42)28-13-10-11-14-30(28)47-36)34-32(57-5)21-31-33(35(34)52)44-17-20-50-18-12-16-43(9-2,37(44)50)39(60-26(3)51)46(56,41(54)59-7)38(44)48(31)4/h10-14,16,21,27,37-39,47,52,55-56H,8-9,15,17-20,22-25H2,1-7H3/t27-,37+,38-,39-,42+,43-,44-,45+,46+/m1/s1. The molecule has 60 heavy (non-hydrogen) atoms. The number of esters is 3. The van der Waals surface area contributed by atoms with Crippen molar-refractivity contribution in [3.05, 3.63) is 64.9 Å². The van der Waals surface area contributed by atoms with Gasteiger partial charge in [-0.05, 0) is 62.6 Å². The number of para-hydroxylation sites is 1. The van der Waals surface area contributed by atoms with Gasteiger partial charge in [-0.1, -0.05) is 44.2 Å². The summed E-state index contributed by atoms with van der Waals surface area (Å²) in [6.45, 7) is 8.11. The van der Waals surface area contributed by atoms with Gasteiger partial charge in [-0.2, -0.15) is 0 Å². The molecule has 0 radical (unpaired) electrons. The van der Waals surface area contributed by atoms with Crippen molar-refractivity contribution in [2.45, 2.75) is 99.5 Å². The van der Waals surface area contributed by atoms with Crippen LogP contribution in [0.1, 0.15) is 75.3 Å². The smallest absolute Gasteiger partial charge is 0.344 e. The Morgan fingerprint density at radius 1 is 0.967 bits per heavy atom. The lowest BCUT2D eigenvalue weighted by molar-refractivity contribution is -0.228. The summed E-state index contributed by atoms with van der Waals surface area (Å²) in [5.41, 5.74) is -3.82. The number of H-pyrrole nitrogens is 1. The molecule has 1 saturated carbocycles. The fourth-order valence-corrected chi connectivity index (χ4v) is 13.7. The van der Waals surface area contributed by atoms with Gasteiger partial charge in [-0.3, -0.25) is 19.4 Å². The second-order valence-electron chi connectivity index (χ2n) is 18.3. The van der Waals surface area contributed by atoms with E-state index in [1.165, 1.54) is 28.3 Å². The Labute approximate surface area is 350 Å². The number of hydrogen-bond acceptors (Lipinski definition) is 13. The topological polar surface area (TPSA) is 174 Å². The number of nitrogens with one attached hydrogen (secondary N) is 1. The highest BCUT2D eigenvalue weighted by Crippen LogP contribution is 2.70. The van der Waals surface area contributed by atoms with Crippen LogP contribution >= 0.6 is 0 Å². The first kappa shape index (κ1) is 40.8. The Morgan fingerprint density at radius 2 is 1.72 bits per heavy atom. The molecule has 6 aliphatic rings. The van der Waals surface area contributed by atoms with Crippen LogP contribution in [0.4, 0.5) is 5.69 Å². The number of piperidine rings is 1. The monoisotopic (exact) mass is 826 g/mol. The average Bonchev–Trinajstić information content (AvgIpc) is 3.90. The molecule has 2 aromatic carbocycles. The van der Waals surface area contributed by atoms with Crippen LogP contribution in [-0.2, 0) is 45.8 Å². The van der Waals surface area contributed by atoms with Crippen LogP contribution in [0.2, 0.25) is 0 Å². The van der Waals surface area contributed by atoms with Gasteiger partial charge in [-0.25, -0.2) is 4.79 Å². The van der Waals surface area contributed by atoms with Crippen LogP contribution < -0.4 is 9.64 Å². The number of fused-ring (bicyclic) bond motifs is 6. The molecule has 10 atom stereocenters. The highest BCUT2D eigenvalue weighted by atomic mass is 16.6. The van der Waals surface area contributed by atoms with E-state index in [0.29, 0.717) is 81.8 Å². The van der Waals surface area contributed by atoms with Crippen molar-refractivity contribution in [2.24, 2.45) is 11.3 Å². The molecule has 3 aromatic rings. The Balaban J connectivity index is 1.39. The minimum Gasteiger partial charge on any atom is -0.507 e. The van der Waals surface area contributed by atoms with Gasteiger partial charge in [0.1, 0.15) is 16.9 Å². The largest absolute Gasteiger partial charge is 0.507 e. The zero-order valence-electron chi connectivity index (χ0n) is 35.7. The number of ether oxygens (including phenoxy) is 4. The van der Waals surface area contributed by atoms with Crippen LogP contribution in [0.25, 0.3) is 10.9 Å². The predicted octanol–water partition coefficient (Wildman–Crippen LogP) is 3.70. The molecule has 14 heteroatoms. The molecule has 4 N–H and O–H groups in total. The maximum absolute atomic E-state index is 15.4. The summed E-state index contributed by atoms with van der Waals surface area (Å²) in [5, 5.41) is 39.9. The van der Waals surface area contributed by atoms with Crippen LogP contribution in [0.3, 0.4) is 0 Å². The van der Waals surface area contributed by atoms with Gasteiger partial charge in [0.2, 0.25) is 5.60 Å². The molecular formula is C46H58N4O10. The van der Waals surface area contributed by atoms with Gasteiger partial charge in [0.25, 0.3) is 0 Å². The third-order valence-electron chi connectivity index (χ3n) is 15.7. The third kappa shape index (κ3) is 5.10. The number of aromatic hydroxyl groups is 1. The molecule has 14 nitrogen and oxygen atoms in total. The minimum atomic E-state index is -2.42. The van der Waals surface area contributed by atoms with Crippen molar-refractivity contribution in [1.82, 2.24) is 14.8 Å². The molecule has 9 rings (SSSR count). The predicted molar refractivity (Wildman–Crippen MR) is 222 cm³/mol. The van der Waals surface area contributed by atoms with Crippen molar-refractivity contribution < 1.29 is 48.7 Å². The Bertz CT molecular complexity index is 2310. The summed E-state index contributed by atoms with van der Waals surface area (Å²) >= 11 is 0.